The van der Waals surface area contributed by atoms with Crippen molar-refractivity contribution in [2.45, 2.75) is 37.4 Å². The minimum absolute atomic E-state index is 0.302. The Balaban J connectivity index is 1.65. The van der Waals surface area contributed by atoms with Gasteiger partial charge in [-0.25, -0.2) is 0 Å². The summed E-state index contributed by atoms with van der Waals surface area (Å²) >= 11 is 0. The first kappa shape index (κ1) is 20.8. The number of methoxy groups -OCH3 is 2. The molecule has 1 saturated heterocycles. The lowest BCUT2D eigenvalue weighted by atomic mass is 10.1. The lowest BCUT2D eigenvalue weighted by Gasteiger charge is -2.12. The van der Waals surface area contributed by atoms with E-state index in [2.05, 4.69) is 5.32 Å². The summed E-state index contributed by atoms with van der Waals surface area (Å²) in [5.41, 5.74) is 0.501. The lowest BCUT2D eigenvalue weighted by molar-refractivity contribution is -0.147. The van der Waals surface area contributed by atoms with Crippen molar-refractivity contribution in [2.24, 2.45) is 0 Å². The van der Waals surface area contributed by atoms with Crippen molar-refractivity contribution in [3.63, 3.8) is 0 Å². The van der Waals surface area contributed by atoms with Crippen LogP contribution in [0.1, 0.15) is 32.1 Å². The fourth-order valence-electron chi connectivity index (χ4n) is 2.51. The summed E-state index contributed by atoms with van der Waals surface area (Å²) in [6, 6.07) is 5.06. The number of hydrogen-bond acceptors (Lipinski definition) is 7. The van der Waals surface area contributed by atoms with E-state index in [1.165, 1.54) is 19.3 Å². The van der Waals surface area contributed by atoms with Gasteiger partial charge < -0.3 is 19.5 Å². The summed E-state index contributed by atoms with van der Waals surface area (Å²) in [7, 11) is 6.94. The summed E-state index contributed by atoms with van der Waals surface area (Å²) < 4.78 is 15.4. The van der Waals surface area contributed by atoms with Crippen LogP contribution < -0.4 is 14.8 Å². The van der Waals surface area contributed by atoms with Gasteiger partial charge in [0.05, 0.1) is 19.9 Å². The largest absolute Gasteiger partial charge is 0.497 e. The molecule has 6 nitrogen and oxygen atoms in total. The standard InChI is InChI=1S/C18H25NO5S2/c1-22-13-7-8-15(16(11-13)23-2)19-17(20)12-24-18(21)6-4-3-5-14-9-10-25-26-14/h7-8,11,14H,3-6,9-10,12H2,1-2H3,(H,19,20)/t14-/m0/s1. The smallest absolute Gasteiger partial charge is 0.306 e. The Morgan fingerprint density at radius 2 is 2.08 bits per heavy atom. The number of anilines is 1. The Morgan fingerprint density at radius 3 is 2.77 bits per heavy atom. The molecule has 1 heterocycles. The first-order chi connectivity index (χ1) is 12.6. The Bertz CT molecular complexity index is 605. The number of carbonyl (C=O) groups excluding carboxylic acids is 2. The number of nitrogens with one attached hydrogen (secondary N) is 1. The molecule has 1 aliphatic rings. The first-order valence-electron chi connectivity index (χ1n) is 8.58. The van der Waals surface area contributed by atoms with E-state index in [0.717, 1.165) is 24.5 Å². The van der Waals surface area contributed by atoms with Crippen molar-refractivity contribution in [3.05, 3.63) is 18.2 Å². The zero-order valence-electron chi connectivity index (χ0n) is 15.1. The molecule has 144 valence electrons. The van der Waals surface area contributed by atoms with Gasteiger partial charge in [-0.3, -0.25) is 9.59 Å². The van der Waals surface area contributed by atoms with E-state index < -0.39 is 5.91 Å². The SMILES string of the molecule is COc1ccc(NC(=O)COC(=O)CCCC[C@H]2CCSS2)c(OC)c1. The predicted octanol–water partition coefficient (Wildman–Crippen LogP) is 3.90. The van der Waals surface area contributed by atoms with Crippen molar-refractivity contribution < 1.29 is 23.8 Å². The van der Waals surface area contributed by atoms with Gasteiger partial charge >= 0.3 is 5.97 Å². The van der Waals surface area contributed by atoms with Crippen LogP contribution in [0.15, 0.2) is 18.2 Å². The second kappa shape index (κ2) is 11.2. The molecule has 0 radical (unpaired) electrons. The number of amides is 1. The zero-order chi connectivity index (χ0) is 18.8. The van der Waals surface area contributed by atoms with Crippen LogP contribution in [-0.4, -0.2) is 43.7 Å². The van der Waals surface area contributed by atoms with Crippen molar-refractivity contribution in [1.82, 2.24) is 0 Å². The van der Waals surface area contributed by atoms with Gasteiger partial charge in [0, 0.05) is 23.5 Å². The first-order valence-corrected chi connectivity index (χ1v) is 11.0. The highest BCUT2D eigenvalue weighted by atomic mass is 33.1. The van der Waals surface area contributed by atoms with Gasteiger partial charge in [-0.2, -0.15) is 0 Å². The average Bonchev–Trinajstić information content (AvgIpc) is 3.17. The maximum atomic E-state index is 12.0. The molecule has 1 aromatic carbocycles. The van der Waals surface area contributed by atoms with E-state index in [1.54, 1.807) is 25.3 Å². The molecule has 1 aromatic rings. The molecule has 0 bridgehead atoms. The Labute approximate surface area is 162 Å². The van der Waals surface area contributed by atoms with Crippen molar-refractivity contribution in [1.29, 1.82) is 0 Å². The summed E-state index contributed by atoms with van der Waals surface area (Å²) in [5, 5.41) is 3.39. The van der Waals surface area contributed by atoms with Crippen LogP contribution in [0.4, 0.5) is 5.69 Å². The molecule has 26 heavy (non-hydrogen) atoms. The van der Waals surface area contributed by atoms with Crippen molar-refractivity contribution in [2.75, 3.05) is 31.9 Å². The summed E-state index contributed by atoms with van der Waals surface area (Å²) in [6.07, 6.45) is 4.57. The van der Waals surface area contributed by atoms with Gasteiger partial charge in [-0.15, -0.1) is 0 Å². The fourth-order valence-corrected chi connectivity index (χ4v) is 5.54. The molecule has 1 atom stereocenters. The number of ether oxygens (including phenoxy) is 3. The third-order valence-corrected chi connectivity index (χ3v) is 6.94. The van der Waals surface area contributed by atoms with Crippen LogP contribution in [0.25, 0.3) is 0 Å². The van der Waals surface area contributed by atoms with Crippen molar-refractivity contribution >= 4 is 39.2 Å². The Hall–Kier alpha value is -1.54. The minimum atomic E-state index is -0.402. The highest BCUT2D eigenvalue weighted by Gasteiger charge is 2.16. The van der Waals surface area contributed by atoms with Gasteiger partial charge in [-0.1, -0.05) is 28.0 Å². The highest BCUT2D eigenvalue weighted by molar-refractivity contribution is 8.77. The average molecular weight is 400 g/mol. The second-order valence-electron chi connectivity index (χ2n) is 5.85. The molecule has 0 spiro atoms. The van der Waals surface area contributed by atoms with Gasteiger partial charge in [0.2, 0.25) is 0 Å². The Kier molecular flexibility index (Phi) is 8.97. The molecule has 1 fully saturated rings. The molecule has 2 rings (SSSR count). The normalized spacial score (nSPS) is 16.2. The van der Waals surface area contributed by atoms with Crippen molar-refractivity contribution in [3.8, 4) is 11.5 Å². The van der Waals surface area contributed by atoms with Crippen LogP contribution >= 0.6 is 21.6 Å². The number of rotatable bonds is 10. The quantitative estimate of drug-likeness (QED) is 0.363. The minimum Gasteiger partial charge on any atom is -0.497 e. The Morgan fingerprint density at radius 1 is 1.23 bits per heavy atom. The van der Waals surface area contributed by atoms with E-state index in [1.807, 2.05) is 21.6 Å². The van der Waals surface area contributed by atoms with E-state index in [0.29, 0.717) is 23.6 Å². The maximum absolute atomic E-state index is 12.0. The monoisotopic (exact) mass is 399 g/mol. The van der Waals surface area contributed by atoms with Crippen LogP contribution in [0.2, 0.25) is 0 Å². The second-order valence-corrected chi connectivity index (χ2v) is 8.64. The topological polar surface area (TPSA) is 73.9 Å². The summed E-state index contributed by atoms with van der Waals surface area (Å²) in [6.45, 7) is -0.302. The van der Waals surface area contributed by atoms with E-state index in [-0.39, 0.29) is 12.6 Å². The number of benzene rings is 1. The lowest BCUT2D eigenvalue weighted by Crippen LogP contribution is -2.21. The molecule has 1 N–H and O–H groups in total. The van der Waals surface area contributed by atoms with E-state index in [4.69, 9.17) is 14.2 Å². The van der Waals surface area contributed by atoms with Gasteiger partial charge in [0.15, 0.2) is 6.61 Å². The van der Waals surface area contributed by atoms with Crippen LogP contribution in [0, 0.1) is 0 Å². The van der Waals surface area contributed by atoms with E-state index >= 15 is 0 Å². The molecular formula is C18H25NO5S2. The summed E-state index contributed by atoms with van der Waals surface area (Å²) in [5.74, 6) is 1.59. The summed E-state index contributed by atoms with van der Waals surface area (Å²) in [4.78, 5) is 23.7. The third kappa shape index (κ3) is 6.99. The molecule has 0 saturated carbocycles. The molecule has 1 aliphatic heterocycles. The predicted molar refractivity (Wildman–Crippen MR) is 106 cm³/mol. The number of carbonyl (C=O) groups is 2. The van der Waals surface area contributed by atoms with Gasteiger partial charge in [0.1, 0.15) is 11.5 Å². The fraction of sp³-hybridized carbons (Fsp3) is 0.556. The maximum Gasteiger partial charge on any atom is 0.306 e. The third-order valence-electron chi connectivity index (χ3n) is 3.93. The zero-order valence-corrected chi connectivity index (χ0v) is 16.7. The van der Waals surface area contributed by atoms with Gasteiger partial charge in [0.25, 0.3) is 5.91 Å². The van der Waals surface area contributed by atoms with Crippen LogP contribution in [0.5, 0.6) is 11.5 Å². The molecule has 8 heteroatoms. The molecular weight excluding hydrogens is 374 g/mol. The molecule has 1 amide bonds. The highest BCUT2D eigenvalue weighted by Crippen LogP contribution is 2.39. The molecule has 0 aliphatic carbocycles. The van der Waals surface area contributed by atoms with Gasteiger partial charge in [-0.05, 0) is 31.4 Å². The van der Waals surface area contributed by atoms with Crippen LogP contribution in [-0.2, 0) is 14.3 Å². The molecule has 0 aromatic heterocycles. The number of esters is 1. The van der Waals surface area contributed by atoms with Crippen LogP contribution in [0.3, 0.4) is 0 Å². The number of hydrogen-bond donors (Lipinski definition) is 1. The van der Waals surface area contributed by atoms with E-state index in [9.17, 15) is 9.59 Å². The molecule has 0 unspecified atom stereocenters. The number of unbranched alkanes of at least 4 members (excludes halogenated alkanes) is 1.